The van der Waals surface area contributed by atoms with Gasteiger partial charge in [0.1, 0.15) is 0 Å². The number of carbonyl (C=O) groups is 1. The number of benzene rings is 2. The molecule has 0 heterocycles. The van der Waals surface area contributed by atoms with Crippen molar-refractivity contribution in [1.82, 2.24) is 5.43 Å². The summed E-state index contributed by atoms with van der Waals surface area (Å²) in [6, 6.07) is 14.7. The number of ether oxygens (including phenoxy) is 2. The van der Waals surface area contributed by atoms with Crippen LogP contribution < -0.4 is 14.9 Å². The van der Waals surface area contributed by atoms with Crippen LogP contribution in [0.3, 0.4) is 0 Å². The van der Waals surface area contributed by atoms with Crippen LogP contribution >= 0.6 is 15.9 Å². The molecule has 0 saturated heterocycles. The number of hydrogen-bond acceptors (Lipinski definition) is 4. The molecular formula is C16H15BrN2O3. The molecule has 0 aliphatic heterocycles. The van der Waals surface area contributed by atoms with Gasteiger partial charge in [-0.25, -0.2) is 5.43 Å². The van der Waals surface area contributed by atoms with Crippen molar-refractivity contribution in [2.24, 2.45) is 5.10 Å². The van der Waals surface area contributed by atoms with Gasteiger partial charge in [-0.15, -0.1) is 0 Å². The maximum Gasteiger partial charge on any atom is 0.277 e. The molecule has 22 heavy (non-hydrogen) atoms. The van der Waals surface area contributed by atoms with Crippen molar-refractivity contribution >= 4 is 28.1 Å². The number of halogens is 1. The normalized spacial score (nSPS) is 10.5. The topological polar surface area (TPSA) is 59.9 Å². The minimum atomic E-state index is -0.348. The molecule has 0 aromatic heterocycles. The van der Waals surface area contributed by atoms with Crippen LogP contribution in [0.25, 0.3) is 0 Å². The van der Waals surface area contributed by atoms with Crippen LogP contribution in [-0.4, -0.2) is 25.8 Å². The maximum absolute atomic E-state index is 11.7. The average molecular weight is 363 g/mol. The highest BCUT2D eigenvalue weighted by Gasteiger charge is 2.05. The summed E-state index contributed by atoms with van der Waals surface area (Å²) in [6.07, 6.45) is 1.56. The van der Waals surface area contributed by atoms with E-state index in [1.807, 2.05) is 30.3 Å². The van der Waals surface area contributed by atoms with Crippen molar-refractivity contribution in [2.45, 2.75) is 0 Å². The van der Waals surface area contributed by atoms with Crippen LogP contribution in [0.4, 0.5) is 0 Å². The number of hydrazone groups is 1. The van der Waals surface area contributed by atoms with Crippen molar-refractivity contribution in [3.05, 3.63) is 58.6 Å². The van der Waals surface area contributed by atoms with Gasteiger partial charge in [-0.2, -0.15) is 5.10 Å². The van der Waals surface area contributed by atoms with E-state index in [9.17, 15) is 4.79 Å². The number of nitrogens with zero attached hydrogens (tertiary/aromatic N) is 1. The minimum Gasteiger partial charge on any atom is -0.493 e. The van der Waals surface area contributed by atoms with Gasteiger partial charge in [-0.05, 0) is 29.8 Å². The van der Waals surface area contributed by atoms with Gasteiger partial charge in [0, 0.05) is 4.47 Å². The van der Waals surface area contributed by atoms with E-state index >= 15 is 0 Å². The molecule has 0 bridgehead atoms. The van der Waals surface area contributed by atoms with Gasteiger partial charge in [-0.1, -0.05) is 40.2 Å². The monoisotopic (exact) mass is 362 g/mol. The van der Waals surface area contributed by atoms with Crippen LogP contribution in [0.1, 0.15) is 5.56 Å². The second kappa shape index (κ2) is 8.19. The molecule has 2 aromatic carbocycles. The zero-order chi connectivity index (χ0) is 15.8. The zero-order valence-electron chi connectivity index (χ0n) is 12.0. The number of hydrogen-bond donors (Lipinski definition) is 1. The summed E-state index contributed by atoms with van der Waals surface area (Å²) in [4.78, 5) is 11.7. The van der Waals surface area contributed by atoms with Gasteiger partial charge < -0.3 is 9.47 Å². The Hall–Kier alpha value is -2.34. The smallest absolute Gasteiger partial charge is 0.277 e. The number of nitrogens with one attached hydrogen (secondary N) is 1. The van der Waals surface area contributed by atoms with E-state index in [1.165, 1.54) is 0 Å². The molecular weight excluding hydrogens is 348 g/mol. The first-order chi connectivity index (χ1) is 10.7. The largest absolute Gasteiger partial charge is 0.493 e. The number of para-hydroxylation sites is 2. The second-order valence-electron chi connectivity index (χ2n) is 4.28. The zero-order valence-corrected chi connectivity index (χ0v) is 13.5. The third-order valence-electron chi connectivity index (χ3n) is 2.70. The lowest BCUT2D eigenvalue weighted by molar-refractivity contribution is -0.123. The Morgan fingerprint density at radius 2 is 1.86 bits per heavy atom. The summed E-state index contributed by atoms with van der Waals surface area (Å²) >= 11 is 3.35. The van der Waals surface area contributed by atoms with Gasteiger partial charge in [0.05, 0.1) is 13.3 Å². The van der Waals surface area contributed by atoms with E-state index < -0.39 is 0 Å². The fourth-order valence-electron chi connectivity index (χ4n) is 1.64. The highest BCUT2D eigenvalue weighted by Crippen LogP contribution is 2.25. The summed E-state index contributed by atoms with van der Waals surface area (Å²) < 4.78 is 11.5. The second-order valence-corrected chi connectivity index (χ2v) is 5.20. The van der Waals surface area contributed by atoms with E-state index in [4.69, 9.17) is 9.47 Å². The Bertz CT molecular complexity index is 657. The van der Waals surface area contributed by atoms with Crippen molar-refractivity contribution in [3.8, 4) is 11.5 Å². The Morgan fingerprint density at radius 3 is 2.55 bits per heavy atom. The summed E-state index contributed by atoms with van der Waals surface area (Å²) in [5, 5.41) is 3.87. The molecule has 0 radical (unpaired) electrons. The fourth-order valence-corrected chi connectivity index (χ4v) is 1.91. The lowest BCUT2D eigenvalue weighted by atomic mass is 10.2. The lowest BCUT2D eigenvalue weighted by Crippen LogP contribution is -2.24. The SMILES string of the molecule is COc1ccccc1OCC(=O)N/N=C\c1ccc(Br)cc1. The van der Waals surface area contributed by atoms with E-state index in [1.54, 1.807) is 31.5 Å². The molecule has 114 valence electrons. The van der Waals surface area contributed by atoms with Crippen LogP contribution in [-0.2, 0) is 4.79 Å². The number of methoxy groups -OCH3 is 1. The average Bonchev–Trinajstić information content (AvgIpc) is 2.55. The maximum atomic E-state index is 11.7. The standard InChI is InChI=1S/C16H15BrN2O3/c1-21-14-4-2-3-5-15(14)22-11-16(20)19-18-10-12-6-8-13(17)9-7-12/h2-10H,11H2,1H3,(H,19,20)/b18-10-. The molecule has 2 rings (SSSR count). The van der Waals surface area contributed by atoms with Gasteiger partial charge in [0.2, 0.25) is 0 Å². The van der Waals surface area contributed by atoms with E-state index in [2.05, 4.69) is 26.5 Å². The predicted molar refractivity (Wildman–Crippen MR) is 88.4 cm³/mol. The molecule has 2 aromatic rings. The minimum absolute atomic E-state index is 0.141. The third kappa shape index (κ3) is 4.89. The molecule has 0 aliphatic rings. The Balaban J connectivity index is 1.82. The lowest BCUT2D eigenvalue weighted by Gasteiger charge is -2.09. The van der Waals surface area contributed by atoms with Crippen molar-refractivity contribution in [3.63, 3.8) is 0 Å². The first-order valence-electron chi connectivity index (χ1n) is 6.52. The highest BCUT2D eigenvalue weighted by atomic mass is 79.9. The molecule has 6 heteroatoms. The van der Waals surface area contributed by atoms with Crippen LogP contribution in [0, 0.1) is 0 Å². The fraction of sp³-hybridized carbons (Fsp3) is 0.125. The molecule has 0 aliphatic carbocycles. The number of rotatable bonds is 6. The summed E-state index contributed by atoms with van der Waals surface area (Å²) in [7, 11) is 1.55. The number of carbonyl (C=O) groups excluding carboxylic acids is 1. The summed E-state index contributed by atoms with van der Waals surface area (Å²) in [6.45, 7) is -0.141. The van der Waals surface area contributed by atoms with Gasteiger partial charge in [0.15, 0.2) is 18.1 Å². The van der Waals surface area contributed by atoms with Crippen LogP contribution in [0.5, 0.6) is 11.5 Å². The first-order valence-corrected chi connectivity index (χ1v) is 7.31. The molecule has 0 fully saturated rings. The Labute approximate surface area is 137 Å². The molecule has 0 atom stereocenters. The van der Waals surface area contributed by atoms with Crippen molar-refractivity contribution < 1.29 is 14.3 Å². The van der Waals surface area contributed by atoms with Crippen LogP contribution in [0.2, 0.25) is 0 Å². The molecule has 1 N–H and O–H groups in total. The predicted octanol–water partition coefficient (Wildman–Crippen LogP) is 2.99. The van der Waals surface area contributed by atoms with Crippen LogP contribution in [0.15, 0.2) is 58.1 Å². The van der Waals surface area contributed by atoms with E-state index in [0.717, 1.165) is 10.0 Å². The molecule has 0 spiro atoms. The molecule has 5 nitrogen and oxygen atoms in total. The van der Waals surface area contributed by atoms with Gasteiger partial charge in [0.25, 0.3) is 5.91 Å². The summed E-state index contributed by atoms with van der Waals surface area (Å²) in [5.74, 6) is 0.741. The van der Waals surface area contributed by atoms with Gasteiger partial charge >= 0.3 is 0 Å². The van der Waals surface area contributed by atoms with E-state index in [0.29, 0.717) is 11.5 Å². The Morgan fingerprint density at radius 1 is 1.18 bits per heavy atom. The first kappa shape index (κ1) is 16.0. The van der Waals surface area contributed by atoms with E-state index in [-0.39, 0.29) is 12.5 Å². The quantitative estimate of drug-likeness (QED) is 0.634. The molecule has 0 unspecified atom stereocenters. The van der Waals surface area contributed by atoms with Crippen molar-refractivity contribution in [1.29, 1.82) is 0 Å². The highest BCUT2D eigenvalue weighted by molar-refractivity contribution is 9.10. The molecule has 0 saturated carbocycles. The van der Waals surface area contributed by atoms with Gasteiger partial charge in [-0.3, -0.25) is 4.79 Å². The summed E-state index contributed by atoms with van der Waals surface area (Å²) in [5.41, 5.74) is 3.29. The third-order valence-corrected chi connectivity index (χ3v) is 3.23. The molecule has 1 amide bonds. The number of amides is 1. The Kier molecular flexibility index (Phi) is 5.97. The van der Waals surface area contributed by atoms with Crippen molar-refractivity contribution in [2.75, 3.05) is 13.7 Å².